The zero-order valence-corrected chi connectivity index (χ0v) is 26.1. The number of methoxy groups -OCH3 is 2. The van der Waals surface area contributed by atoms with Crippen LogP contribution < -0.4 is 4.74 Å². The minimum Gasteiger partial charge on any atom is -0.507 e. The fourth-order valence-corrected chi connectivity index (χ4v) is 6.19. The Balaban J connectivity index is 1.43. The highest BCUT2D eigenvalue weighted by Gasteiger charge is 2.45. The molecule has 2 fully saturated rings. The number of phenols is 2. The Labute approximate surface area is 264 Å². The van der Waals surface area contributed by atoms with Crippen molar-refractivity contribution in [2.75, 3.05) is 14.2 Å². The topological polar surface area (TPSA) is 194 Å². The molecule has 2 aromatic rings. The molecule has 46 heavy (non-hydrogen) atoms. The number of hydrogen-bond donors (Lipinski definition) is 3. The molecule has 0 saturated carbocycles. The third-order valence-corrected chi connectivity index (χ3v) is 8.41. The van der Waals surface area contributed by atoms with Crippen LogP contribution in [-0.2, 0) is 33.2 Å². The molecule has 1 aliphatic carbocycles. The third kappa shape index (κ3) is 6.06. The average molecular weight is 645 g/mol. The number of aliphatic hydroxyl groups excluding tert-OH is 1. The standard InChI is InChI=1S/C32H36O14/c1-12-21(9-18-26(27(12)36)29(38)25-17(28(18)37)7-16(8-19(25)34)32(39)41-6)45-24-11-22(31(14(3)43-24)44-15(4)33)46-23-10-20(35)30(40-5)13(2)42-23/h7-9,13-14,20,22-24,30-31,34-36H,10-11H2,1-6H3/t13-,14-,20-,22-,23-,24+,30+,31+/m1/s1. The molecule has 0 aromatic heterocycles. The van der Waals surface area contributed by atoms with E-state index in [1.807, 2.05) is 0 Å². The molecule has 5 rings (SSSR count). The average Bonchev–Trinajstić information content (AvgIpc) is 2.98. The monoisotopic (exact) mass is 644 g/mol. The van der Waals surface area contributed by atoms with Crippen LogP contribution in [0.25, 0.3) is 0 Å². The van der Waals surface area contributed by atoms with E-state index in [4.69, 9.17) is 28.4 Å². The number of fused-ring (bicyclic) bond motifs is 2. The van der Waals surface area contributed by atoms with Crippen molar-refractivity contribution in [1.82, 2.24) is 0 Å². The van der Waals surface area contributed by atoms with Gasteiger partial charge in [-0.25, -0.2) is 4.79 Å². The number of rotatable bonds is 7. The maximum Gasteiger partial charge on any atom is 0.338 e. The molecule has 0 spiro atoms. The van der Waals surface area contributed by atoms with E-state index in [0.717, 1.165) is 19.2 Å². The van der Waals surface area contributed by atoms with Crippen LogP contribution in [-0.4, -0.2) is 102 Å². The molecular weight excluding hydrogens is 608 g/mol. The zero-order chi connectivity index (χ0) is 33.6. The summed E-state index contributed by atoms with van der Waals surface area (Å²) in [4.78, 5) is 51.1. The lowest BCUT2D eigenvalue weighted by Gasteiger charge is -2.43. The minimum absolute atomic E-state index is 0.00366. The molecule has 248 valence electrons. The van der Waals surface area contributed by atoms with Gasteiger partial charge < -0.3 is 48.5 Å². The fraction of sp³-hybridized carbons (Fsp3) is 0.500. The highest BCUT2D eigenvalue weighted by atomic mass is 16.7. The SMILES string of the molecule is COC(=O)c1cc(O)c2c(c1)C(=O)c1cc(O[C@H]3C[C@@H](O[C@@H]4C[C@@H](O)[C@@H](OC)[C@@H](C)O4)[C@@H](OC(C)=O)[C@@H](C)O3)c(C)c(O)c1C2=O. The molecule has 2 heterocycles. The van der Waals surface area contributed by atoms with Crippen molar-refractivity contribution >= 4 is 23.5 Å². The van der Waals surface area contributed by atoms with Crippen molar-refractivity contribution in [3.05, 3.63) is 51.6 Å². The number of carbonyl (C=O) groups is 4. The first-order chi connectivity index (χ1) is 21.7. The maximum atomic E-state index is 13.6. The molecule has 2 aromatic carbocycles. The lowest BCUT2D eigenvalue weighted by atomic mass is 9.81. The highest BCUT2D eigenvalue weighted by molar-refractivity contribution is 6.30. The van der Waals surface area contributed by atoms with Crippen LogP contribution in [0.5, 0.6) is 17.2 Å². The Kier molecular flexibility index (Phi) is 9.38. The summed E-state index contributed by atoms with van der Waals surface area (Å²) in [5, 5.41) is 32.2. The van der Waals surface area contributed by atoms with Crippen LogP contribution in [0.4, 0.5) is 0 Å². The Morgan fingerprint density at radius 2 is 1.54 bits per heavy atom. The normalized spacial score (nSPS) is 29.0. The van der Waals surface area contributed by atoms with E-state index in [-0.39, 0.29) is 52.0 Å². The quantitative estimate of drug-likeness (QED) is 0.317. The van der Waals surface area contributed by atoms with Gasteiger partial charge in [-0.2, -0.15) is 0 Å². The van der Waals surface area contributed by atoms with Crippen LogP contribution >= 0.6 is 0 Å². The van der Waals surface area contributed by atoms with E-state index in [9.17, 15) is 34.5 Å². The van der Waals surface area contributed by atoms with Gasteiger partial charge in [0.15, 0.2) is 18.2 Å². The van der Waals surface area contributed by atoms with Crippen molar-refractivity contribution in [2.45, 2.75) is 89.7 Å². The van der Waals surface area contributed by atoms with Crippen molar-refractivity contribution in [1.29, 1.82) is 0 Å². The molecule has 3 N–H and O–H groups in total. The lowest BCUT2D eigenvalue weighted by molar-refractivity contribution is -0.301. The molecule has 8 atom stereocenters. The maximum absolute atomic E-state index is 13.6. The van der Waals surface area contributed by atoms with Gasteiger partial charge in [-0.3, -0.25) is 14.4 Å². The molecule has 0 bridgehead atoms. The van der Waals surface area contributed by atoms with Gasteiger partial charge >= 0.3 is 11.9 Å². The van der Waals surface area contributed by atoms with Gasteiger partial charge in [0, 0.05) is 43.6 Å². The number of carbonyl (C=O) groups excluding carboxylic acids is 4. The van der Waals surface area contributed by atoms with Gasteiger partial charge in [0.05, 0.1) is 42.1 Å². The Morgan fingerprint density at radius 1 is 0.891 bits per heavy atom. The number of phenolic OH excluding ortho intramolecular Hbond substituents is 2. The second kappa shape index (κ2) is 13.0. The van der Waals surface area contributed by atoms with Crippen LogP contribution in [0.15, 0.2) is 18.2 Å². The third-order valence-electron chi connectivity index (χ3n) is 8.41. The summed E-state index contributed by atoms with van der Waals surface area (Å²) in [6.45, 7) is 6.12. The number of benzene rings is 2. The number of esters is 2. The molecule has 2 saturated heterocycles. The smallest absolute Gasteiger partial charge is 0.338 e. The molecule has 14 nitrogen and oxygen atoms in total. The summed E-state index contributed by atoms with van der Waals surface area (Å²) >= 11 is 0. The summed E-state index contributed by atoms with van der Waals surface area (Å²) in [5.74, 6) is -4.08. The molecule has 0 amide bonds. The summed E-state index contributed by atoms with van der Waals surface area (Å²) in [6.07, 6.45) is -6.15. The molecular formula is C32H36O14. The predicted molar refractivity (Wildman–Crippen MR) is 155 cm³/mol. The molecule has 2 aliphatic heterocycles. The number of aliphatic hydroxyl groups is 1. The van der Waals surface area contributed by atoms with E-state index in [1.54, 1.807) is 13.8 Å². The second-order valence-corrected chi connectivity index (χ2v) is 11.5. The van der Waals surface area contributed by atoms with Crippen LogP contribution in [0.1, 0.15) is 81.4 Å². The van der Waals surface area contributed by atoms with Crippen LogP contribution in [0.3, 0.4) is 0 Å². The first kappa shape index (κ1) is 33.3. The largest absolute Gasteiger partial charge is 0.507 e. The van der Waals surface area contributed by atoms with E-state index in [1.165, 1.54) is 27.0 Å². The molecule has 14 heteroatoms. The number of hydrogen-bond acceptors (Lipinski definition) is 14. The minimum atomic E-state index is -1.04. The van der Waals surface area contributed by atoms with Gasteiger partial charge in [-0.1, -0.05) is 0 Å². The zero-order valence-electron chi connectivity index (χ0n) is 26.1. The van der Waals surface area contributed by atoms with E-state index in [2.05, 4.69) is 4.74 Å². The van der Waals surface area contributed by atoms with Gasteiger partial charge in [0.1, 0.15) is 29.5 Å². The summed E-state index contributed by atoms with van der Waals surface area (Å²) in [5.41, 5.74) is -1.16. The molecule has 0 unspecified atom stereocenters. The van der Waals surface area contributed by atoms with Crippen molar-refractivity contribution < 1.29 is 67.7 Å². The summed E-state index contributed by atoms with van der Waals surface area (Å²) in [6, 6.07) is 3.44. The summed E-state index contributed by atoms with van der Waals surface area (Å²) in [7, 11) is 2.60. The first-order valence-electron chi connectivity index (χ1n) is 14.7. The van der Waals surface area contributed by atoms with Gasteiger partial charge in [0.25, 0.3) is 0 Å². The second-order valence-electron chi connectivity index (χ2n) is 11.5. The number of ether oxygens (including phenoxy) is 7. The Bertz CT molecular complexity index is 1550. The van der Waals surface area contributed by atoms with Crippen molar-refractivity contribution in [3.63, 3.8) is 0 Å². The highest BCUT2D eigenvalue weighted by Crippen LogP contribution is 2.43. The Hall–Kier alpha value is -4.08. The van der Waals surface area contributed by atoms with E-state index < -0.39 is 84.2 Å². The van der Waals surface area contributed by atoms with E-state index >= 15 is 0 Å². The molecule has 3 aliphatic rings. The predicted octanol–water partition coefficient (Wildman–Crippen LogP) is 2.31. The first-order valence-corrected chi connectivity index (χ1v) is 14.7. The van der Waals surface area contributed by atoms with Gasteiger partial charge in [-0.05, 0) is 39.0 Å². The number of aromatic hydroxyl groups is 2. The Morgan fingerprint density at radius 3 is 2.17 bits per heavy atom. The van der Waals surface area contributed by atoms with Crippen molar-refractivity contribution in [2.24, 2.45) is 0 Å². The fourth-order valence-electron chi connectivity index (χ4n) is 6.19. The number of ketones is 2. The van der Waals surface area contributed by atoms with E-state index in [0.29, 0.717) is 0 Å². The van der Waals surface area contributed by atoms with Crippen LogP contribution in [0, 0.1) is 6.92 Å². The van der Waals surface area contributed by atoms with Crippen molar-refractivity contribution in [3.8, 4) is 17.2 Å². The molecule has 0 radical (unpaired) electrons. The van der Waals surface area contributed by atoms with Gasteiger partial charge in [-0.15, -0.1) is 0 Å². The van der Waals surface area contributed by atoms with Gasteiger partial charge in [0.2, 0.25) is 12.1 Å². The lowest BCUT2D eigenvalue weighted by Crippen LogP contribution is -2.55. The summed E-state index contributed by atoms with van der Waals surface area (Å²) < 4.78 is 39.7. The van der Waals surface area contributed by atoms with Crippen LogP contribution in [0.2, 0.25) is 0 Å².